The zero-order chi connectivity index (χ0) is 13.0. The number of hydrogen-bond donors (Lipinski definition) is 1. The average Bonchev–Trinajstić information content (AvgIpc) is 2.38. The lowest BCUT2D eigenvalue weighted by Gasteiger charge is -2.02. The van der Waals surface area contributed by atoms with Crippen LogP contribution in [0.15, 0.2) is 54.6 Å². The molecule has 0 aliphatic carbocycles. The Balaban J connectivity index is 2.22. The van der Waals surface area contributed by atoms with Crippen LogP contribution in [0.5, 0.6) is 0 Å². The molecule has 0 amide bonds. The van der Waals surface area contributed by atoms with Crippen molar-refractivity contribution in [2.75, 3.05) is 0 Å². The summed E-state index contributed by atoms with van der Waals surface area (Å²) in [4.78, 5) is 10.4. The number of benzene rings is 2. The van der Waals surface area contributed by atoms with Gasteiger partial charge in [0.1, 0.15) is 0 Å². The van der Waals surface area contributed by atoms with Gasteiger partial charge in [0, 0.05) is 6.08 Å². The summed E-state index contributed by atoms with van der Waals surface area (Å²) in [5.41, 5.74) is 4.41. The van der Waals surface area contributed by atoms with Crippen LogP contribution in [0.4, 0.5) is 0 Å². The zero-order valence-corrected chi connectivity index (χ0v) is 10.1. The summed E-state index contributed by atoms with van der Waals surface area (Å²) in [5.74, 6) is -0.933. The molecule has 18 heavy (non-hydrogen) atoms. The van der Waals surface area contributed by atoms with Crippen molar-refractivity contribution in [2.24, 2.45) is 0 Å². The van der Waals surface area contributed by atoms with E-state index in [1.807, 2.05) is 24.3 Å². The first-order valence-electron chi connectivity index (χ1n) is 5.73. The van der Waals surface area contributed by atoms with E-state index in [2.05, 4.69) is 31.2 Å². The minimum atomic E-state index is -0.933. The van der Waals surface area contributed by atoms with E-state index in [0.717, 1.165) is 22.8 Å². The molecule has 90 valence electrons. The maximum Gasteiger partial charge on any atom is 0.328 e. The highest BCUT2D eigenvalue weighted by Gasteiger charge is 1.97. The van der Waals surface area contributed by atoms with Crippen molar-refractivity contribution >= 4 is 12.0 Å². The zero-order valence-electron chi connectivity index (χ0n) is 10.1. The Kier molecular flexibility index (Phi) is 3.58. The molecule has 2 rings (SSSR count). The molecule has 2 aromatic carbocycles. The average molecular weight is 238 g/mol. The molecule has 0 aliphatic rings. The van der Waals surface area contributed by atoms with Gasteiger partial charge in [-0.2, -0.15) is 0 Å². The first-order chi connectivity index (χ1) is 8.65. The van der Waals surface area contributed by atoms with Gasteiger partial charge in [-0.1, -0.05) is 54.1 Å². The van der Waals surface area contributed by atoms with Gasteiger partial charge in [-0.05, 0) is 29.7 Å². The maximum absolute atomic E-state index is 10.4. The fourth-order valence-electron chi connectivity index (χ4n) is 1.70. The van der Waals surface area contributed by atoms with E-state index in [4.69, 9.17) is 5.11 Å². The van der Waals surface area contributed by atoms with E-state index in [9.17, 15) is 4.79 Å². The molecule has 0 spiro atoms. The minimum Gasteiger partial charge on any atom is -0.478 e. The Labute approximate surface area is 106 Å². The number of carboxylic acids is 1. The summed E-state index contributed by atoms with van der Waals surface area (Å²) >= 11 is 0. The minimum absolute atomic E-state index is 0.883. The number of carboxylic acid groups (broad SMARTS) is 1. The lowest BCUT2D eigenvalue weighted by Crippen LogP contribution is -1.85. The molecule has 0 aromatic heterocycles. The lowest BCUT2D eigenvalue weighted by molar-refractivity contribution is -0.131. The van der Waals surface area contributed by atoms with E-state index < -0.39 is 5.97 Å². The van der Waals surface area contributed by atoms with Crippen molar-refractivity contribution < 1.29 is 9.90 Å². The van der Waals surface area contributed by atoms with Crippen LogP contribution in [0, 0.1) is 6.92 Å². The van der Waals surface area contributed by atoms with Crippen LogP contribution in [0.25, 0.3) is 17.2 Å². The summed E-state index contributed by atoms with van der Waals surface area (Å²) in [6.45, 7) is 2.06. The molecule has 2 heteroatoms. The summed E-state index contributed by atoms with van der Waals surface area (Å²) < 4.78 is 0. The second kappa shape index (κ2) is 5.32. The molecule has 0 fully saturated rings. The van der Waals surface area contributed by atoms with E-state index in [0.29, 0.717) is 0 Å². The van der Waals surface area contributed by atoms with Crippen molar-refractivity contribution in [2.45, 2.75) is 6.92 Å². The van der Waals surface area contributed by atoms with Crippen LogP contribution in [-0.4, -0.2) is 11.1 Å². The molecule has 0 bridgehead atoms. The smallest absolute Gasteiger partial charge is 0.328 e. The Morgan fingerprint density at radius 3 is 1.94 bits per heavy atom. The summed E-state index contributed by atoms with van der Waals surface area (Å²) in [5, 5.41) is 8.55. The van der Waals surface area contributed by atoms with Crippen molar-refractivity contribution in [3.63, 3.8) is 0 Å². The Morgan fingerprint density at radius 2 is 1.44 bits per heavy atom. The highest BCUT2D eigenvalue weighted by Crippen LogP contribution is 2.20. The highest BCUT2D eigenvalue weighted by molar-refractivity contribution is 5.85. The van der Waals surface area contributed by atoms with E-state index in [1.165, 1.54) is 5.56 Å². The number of rotatable bonds is 3. The van der Waals surface area contributed by atoms with Gasteiger partial charge < -0.3 is 5.11 Å². The third-order valence-electron chi connectivity index (χ3n) is 2.71. The normalized spacial score (nSPS) is 10.7. The van der Waals surface area contributed by atoms with Crippen LogP contribution in [-0.2, 0) is 4.79 Å². The molecule has 1 N–H and O–H groups in total. The van der Waals surface area contributed by atoms with Crippen LogP contribution in [0.2, 0.25) is 0 Å². The van der Waals surface area contributed by atoms with Crippen LogP contribution >= 0.6 is 0 Å². The highest BCUT2D eigenvalue weighted by atomic mass is 16.4. The van der Waals surface area contributed by atoms with Crippen molar-refractivity contribution in [3.8, 4) is 11.1 Å². The predicted molar refractivity (Wildman–Crippen MR) is 73.3 cm³/mol. The molecule has 0 heterocycles. The maximum atomic E-state index is 10.4. The molecule has 2 nitrogen and oxygen atoms in total. The van der Waals surface area contributed by atoms with Crippen LogP contribution < -0.4 is 0 Å². The van der Waals surface area contributed by atoms with Gasteiger partial charge in [-0.25, -0.2) is 4.79 Å². The van der Waals surface area contributed by atoms with Gasteiger partial charge in [-0.3, -0.25) is 0 Å². The van der Waals surface area contributed by atoms with Gasteiger partial charge in [0.2, 0.25) is 0 Å². The van der Waals surface area contributed by atoms with Gasteiger partial charge in [0.05, 0.1) is 0 Å². The monoisotopic (exact) mass is 238 g/mol. The quantitative estimate of drug-likeness (QED) is 0.827. The van der Waals surface area contributed by atoms with E-state index in [1.54, 1.807) is 6.08 Å². The van der Waals surface area contributed by atoms with Gasteiger partial charge >= 0.3 is 5.97 Å². The molecule has 0 saturated carbocycles. The number of aryl methyl sites for hydroxylation is 1. The van der Waals surface area contributed by atoms with Gasteiger partial charge in [0.15, 0.2) is 0 Å². The molecule has 0 radical (unpaired) electrons. The molecule has 2 aromatic rings. The van der Waals surface area contributed by atoms with Crippen molar-refractivity contribution in [1.29, 1.82) is 0 Å². The largest absolute Gasteiger partial charge is 0.478 e. The molecular formula is C16H14O2. The first kappa shape index (κ1) is 12.1. The Hall–Kier alpha value is -2.35. The first-order valence-corrected chi connectivity index (χ1v) is 5.73. The van der Waals surface area contributed by atoms with Gasteiger partial charge in [-0.15, -0.1) is 0 Å². The summed E-state index contributed by atoms with van der Waals surface area (Å²) in [7, 11) is 0. The molecular weight excluding hydrogens is 224 g/mol. The van der Waals surface area contributed by atoms with E-state index in [-0.39, 0.29) is 0 Å². The van der Waals surface area contributed by atoms with Crippen LogP contribution in [0.3, 0.4) is 0 Å². The SMILES string of the molecule is Cc1ccc(-c2ccc(/C=C/C(=O)O)cc2)cc1. The standard InChI is InChI=1S/C16H14O2/c1-12-2-7-14(8-3-12)15-9-4-13(5-10-15)6-11-16(17)18/h2-11H,1H3,(H,17,18)/b11-6+. The molecule has 0 unspecified atom stereocenters. The topological polar surface area (TPSA) is 37.3 Å². The number of aliphatic carboxylic acids is 1. The van der Waals surface area contributed by atoms with Crippen LogP contribution in [0.1, 0.15) is 11.1 Å². The van der Waals surface area contributed by atoms with Gasteiger partial charge in [0.25, 0.3) is 0 Å². The second-order valence-corrected chi connectivity index (χ2v) is 4.16. The number of hydrogen-bond acceptors (Lipinski definition) is 1. The van der Waals surface area contributed by atoms with Crippen molar-refractivity contribution in [3.05, 3.63) is 65.7 Å². The fourth-order valence-corrected chi connectivity index (χ4v) is 1.70. The summed E-state index contributed by atoms with van der Waals surface area (Å²) in [6.07, 6.45) is 2.72. The Bertz CT molecular complexity index is 563. The molecule has 0 atom stereocenters. The number of carbonyl (C=O) groups is 1. The fraction of sp³-hybridized carbons (Fsp3) is 0.0625. The summed E-state index contributed by atoms with van der Waals surface area (Å²) in [6, 6.07) is 16.1. The van der Waals surface area contributed by atoms with E-state index >= 15 is 0 Å². The van der Waals surface area contributed by atoms with Crippen molar-refractivity contribution in [1.82, 2.24) is 0 Å². The lowest BCUT2D eigenvalue weighted by atomic mass is 10.0. The molecule has 0 aliphatic heterocycles. The molecule has 0 saturated heterocycles. The second-order valence-electron chi connectivity index (χ2n) is 4.16. The third-order valence-corrected chi connectivity index (χ3v) is 2.71. The predicted octanol–water partition coefficient (Wildman–Crippen LogP) is 3.76. The Morgan fingerprint density at radius 1 is 0.944 bits per heavy atom. The third kappa shape index (κ3) is 3.08.